The van der Waals surface area contributed by atoms with Gasteiger partial charge in [0, 0.05) is 126 Å². The van der Waals surface area contributed by atoms with E-state index in [9.17, 15) is 64.1 Å². The summed E-state index contributed by atoms with van der Waals surface area (Å²) in [4.78, 5) is 101. The fourth-order valence-electron chi connectivity index (χ4n) is 22.9. The Morgan fingerprint density at radius 3 is 0.929 bits per heavy atom. The molecule has 8 aromatic rings. The Morgan fingerprint density at radius 2 is 0.679 bits per heavy atom. The van der Waals surface area contributed by atoms with Crippen LogP contribution >= 0.6 is 7.60 Å². The lowest BCUT2D eigenvalue weighted by atomic mass is 9.61. The number of nitrogens with zero attached hydrogens (tertiary/aromatic N) is 8. The van der Waals surface area contributed by atoms with E-state index in [1.165, 1.54) is 13.8 Å². The SMILES string of the molecule is C.CC(=O)OCC[C@H]1[C@H](/C=C/c2ccc(-c3ccccc3C#N)cn2)[C@@H]2[C@@H](C)OC(=O)[C@@H]2C[C@@H]1C.CC(=O)OCC[C@H]1[C@H](C=O)[C@@H]2[C@@H](C)OC(=O)[C@@H]2C[C@@H]1C.CCOP(=O)(Cc1ccc(-c2ccccc2C#N)cn1)OCC.C[C@H]1C[C@H]2C(=O)O[C@H](C)[C@H]2[C@@H](/C=C/c2ccc(-c3ccccc3C#N)cn2)[C@@H]1CCO.C[C@H]1C[C@H]2C(=O)O[C@H](C)[C@H]2[C@@H](/C=C/c2ccc(-c3ccccc3C#N)cn2)[C@@H]1CCO. The van der Waals surface area contributed by atoms with Crippen molar-refractivity contribution in [3.63, 3.8) is 0 Å². The van der Waals surface area contributed by atoms with Gasteiger partial charge in [0.1, 0.15) is 30.7 Å². The quantitative estimate of drug-likeness (QED) is 0.0209. The van der Waals surface area contributed by atoms with Crippen LogP contribution < -0.4 is 0 Å². The number of aliphatic hydroxyl groups excluding tert-OH is 2. The Morgan fingerprint density at radius 1 is 0.407 bits per heavy atom. The molecule has 4 aromatic carbocycles. The van der Waals surface area contributed by atoms with Crippen LogP contribution in [0.1, 0.15) is 187 Å². The van der Waals surface area contributed by atoms with Gasteiger partial charge in [-0.1, -0.05) is 150 Å². The summed E-state index contributed by atoms with van der Waals surface area (Å²) in [6.45, 7) is 24.4. The predicted octanol–water partition coefficient (Wildman–Crippen LogP) is 20.6. The zero-order valence-corrected chi connectivity index (χ0v) is 82.0. The average Bonchev–Trinajstić information content (AvgIpc) is 1.63. The lowest BCUT2D eigenvalue weighted by Crippen LogP contribution is -2.42. The third-order valence-electron chi connectivity index (χ3n) is 29.3. The van der Waals surface area contributed by atoms with Crippen molar-refractivity contribution in [3.8, 4) is 68.8 Å². The highest BCUT2D eigenvalue weighted by molar-refractivity contribution is 7.53. The van der Waals surface area contributed by atoms with E-state index in [1.54, 1.807) is 69.0 Å². The molecule has 4 aromatic heterocycles. The Hall–Kier alpha value is -12.8. The molecule has 4 saturated heterocycles. The summed E-state index contributed by atoms with van der Waals surface area (Å²) in [5.74, 6) is 1.49. The van der Waals surface area contributed by atoms with Gasteiger partial charge in [0.05, 0.1) is 126 Å². The fourth-order valence-corrected chi connectivity index (χ4v) is 24.5. The predicted molar refractivity (Wildman–Crippen MR) is 531 cm³/mol. The zero-order valence-electron chi connectivity index (χ0n) is 81.1. The number of benzene rings is 4. The van der Waals surface area contributed by atoms with Crippen molar-refractivity contribution in [1.82, 2.24) is 19.9 Å². The van der Waals surface area contributed by atoms with E-state index in [-0.39, 0.29) is 176 Å². The van der Waals surface area contributed by atoms with Gasteiger partial charge in [-0.05, 0) is 225 Å². The van der Waals surface area contributed by atoms with E-state index >= 15 is 0 Å². The normalized spacial score (nSPS) is 27.7. The maximum Gasteiger partial charge on any atom is 0.336 e. The Balaban J connectivity index is 0.000000169. The summed E-state index contributed by atoms with van der Waals surface area (Å²) in [7, 11) is -3.16. The monoisotopic (exact) mass is 1920 g/mol. The van der Waals surface area contributed by atoms with Gasteiger partial charge in [-0.3, -0.25) is 53.3 Å². The van der Waals surface area contributed by atoms with Crippen LogP contribution in [0.25, 0.3) is 62.7 Å². The van der Waals surface area contributed by atoms with E-state index in [0.29, 0.717) is 90.4 Å². The van der Waals surface area contributed by atoms with Gasteiger partial charge in [-0.25, -0.2) is 0 Å². The molecule has 8 heterocycles. The van der Waals surface area contributed by atoms with Gasteiger partial charge in [-0.2, -0.15) is 21.0 Å². The number of aliphatic hydroxyl groups is 2. The Kier molecular flexibility index (Phi) is 39.1. The van der Waals surface area contributed by atoms with E-state index in [1.807, 2.05) is 161 Å². The number of fused-ring (bicyclic) bond motifs is 4. The number of hydrogen-bond donors (Lipinski definition) is 2. The minimum absolute atomic E-state index is 0. The van der Waals surface area contributed by atoms with E-state index in [4.69, 9.17) is 42.7 Å². The molecule has 0 bridgehead atoms. The van der Waals surface area contributed by atoms with Gasteiger partial charge in [0.15, 0.2) is 0 Å². The lowest BCUT2D eigenvalue weighted by molar-refractivity contribution is -0.145. The highest BCUT2D eigenvalue weighted by Gasteiger charge is 2.57. The van der Waals surface area contributed by atoms with Crippen LogP contribution in [0, 0.1) is 164 Å². The first-order valence-corrected chi connectivity index (χ1v) is 50.2. The lowest BCUT2D eigenvalue weighted by Gasteiger charge is -2.42. The van der Waals surface area contributed by atoms with E-state index in [0.717, 1.165) is 113 Å². The molecule has 0 amide bonds. The largest absolute Gasteiger partial charge is 0.466 e. The van der Waals surface area contributed by atoms with Gasteiger partial charge >= 0.3 is 43.4 Å². The number of carbonyl (C=O) groups is 7. The van der Waals surface area contributed by atoms with Gasteiger partial charge in [-0.15, -0.1) is 0 Å². The molecule has 16 rings (SSSR count). The molecule has 0 radical (unpaired) electrons. The fraction of sp³-hybridized carbons (Fsp3) is 0.460. The van der Waals surface area contributed by atoms with Crippen LogP contribution in [-0.2, 0) is 81.8 Å². The molecule has 24 atom stereocenters. The second kappa shape index (κ2) is 50.9. The molecular formula is C113H131N8O18P. The summed E-state index contributed by atoms with van der Waals surface area (Å²) in [5.41, 5.74) is 12.5. The van der Waals surface area contributed by atoms with Crippen molar-refractivity contribution in [3.05, 3.63) is 234 Å². The number of ether oxygens (including phenoxy) is 6. The topological polar surface area (TPSA) is 398 Å². The number of nitriles is 4. The third kappa shape index (κ3) is 26.3. The van der Waals surface area contributed by atoms with Crippen molar-refractivity contribution >= 4 is 67.9 Å². The van der Waals surface area contributed by atoms with Crippen molar-refractivity contribution in [1.29, 1.82) is 21.0 Å². The maximum absolute atomic E-state index is 12.5. The van der Waals surface area contributed by atoms with Crippen LogP contribution in [0.3, 0.4) is 0 Å². The van der Waals surface area contributed by atoms with Crippen molar-refractivity contribution in [2.75, 3.05) is 39.6 Å². The second-order valence-corrected chi connectivity index (χ2v) is 39.9. The minimum Gasteiger partial charge on any atom is -0.466 e. The van der Waals surface area contributed by atoms with Crippen molar-refractivity contribution in [2.45, 2.75) is 172 Å². The number of aromatic nitrogens is 4. The van der Waals surface area contributed by atoms with E-state index in [2.05, 4.69) is 90.1 Å². The molecule has 26 nitrogen and oxygen atoms in total. The molecule has 0 unspecified atom stereocenters. The van der Waals surface area contributed by atoms with Gasteiger partial charge < -0.3 is 52.5 Å². The molecule has 27 heteroatoms. The highest BCUT2D eigenvalue weighted by atomic mass is 31.2. The van der Waals surface area contributed by atoms with E-state index < -0.39 is 7.60 Å². The molecule has 140 heavy (non-hydrogen) atoms. The second-order valence-electron chi connectivity index (χ2n) is 37.8. The molecular weight excluding hydrogens is 1790 g/mol. The summed E-state index contributed by atoms with van der Waals surface area (Å²) >= 11 is 0. The standard InChI is InChI=1S/C28H30N2O4.2C26H28N2O3.C17H19N2O3P.C15H22O5.CH4/c1-17-14-26-27(18(2)34-28(26)32)25(23(17)12-13-33-19(3)31)11-10-22-9-8-21(16-30-22)24-7-5-4-6-20(24)15-29;2*1-16-13-24-25(17(2)31-26(24)30)23(21(16)11-12-29)10-9-20-8-7-19(15-28-20)22-6-4-3-5-18(22)14-27;1-3-21-23(20,22-4-2)13-16-10-9-15(12-19-16)17-8-6-5-7-14(17)11-18;1-8-6-12-14(9(2)20-15(12)18)13(7-16)11(8)4-5-19-10(3)17;/h4-11,16-18,23,25-27H,12-14H2,1-3H3;2*3-10,15-17,21,23-25,29H,11-13H2,1-2H3;5-10,12H,3-4,13H2,1-2H3;7-9,11-14H,4-6H2,1-3H3;1H4/b11-10+;2*10-9+;;;/t17-,18+,23+,25-,26+,27-;2*16-,17+,21+,23-,24+,25-;;8-,9+,11+,12+,13-,14+;/m000.0./s1. The van der Waals surface area contributed by atoms with Crippen LogP contribution in [0.4, 0.5) is 0 Å². The summed E-state index contributed by atoms with van der Waals surface area (Å²) in [6, 6.07) is 54.1. The van der Waals surface area contributed by atoms with Gasteiger partial charge in [0.25, 0.3) is 0 Å². The first kappa shape index (κ1) is 108. The number of cyclic esters (lactones) is 4. The molecule has 4 aliphatic carbocycles. The molecule has 8 fully saturated rings. The number of aldehydes is 1. The summed E-state index contributed by atoms with van der Waals surface area (Å²) in [6.07, 6.45) is 26.1. The molecule has 4 aliphatic heterocycles. The molecule has 4 saturated carbocycles. The van der Waals surface area contributed by atoms with Crippen LogP contribution in [0.15, 0.2) is 189 Å². The Labute approximate surface area is 822 Å². The summed E-state index contributed by atoms with van der Waals surface area (Å²) in [5, 5.41) is 56.4. The molecule has 0 spiro atoms. The highest BCUT2D eigenvalue weighted by Crippen LogP contribution is 2.56. The Bertz CT molecular complexity index is 5730. The zero-order chi connectivity index (χ0) is 99.7. The maximum atomic E-state index is 12.5. The number of carbonyl (C=O) groups excluding carboxylic acids is 7. The number of allylic oxidation sites excluding steroid dienone is 3. The van der Waals surface area contributed by atoms with Crippen molar-refractivity contribution < 1.29 is 85.8 Å². The molecule has 736 valence electrons. The molecule has 2 N–H and O–H groups in total. The molecule has 8 aliphatic rings. The average molecular weight is 1920 g/mol. The van der Waals surface area contributed by atoms with Crippen molar-refractivity contribution in [2.24, 2.45) is 118 Å². The van der Waals surface area contributed by atoms with Gasteiger partial charge in [0.2, 0.25) is 0 Å². The van der Waals surface area contributed by atoms with Crippen LogP contribution in [0.2, 0.25) is 0 Å². The number of hydrogen-bond acceptors (Lipinski definition) is 26. The van der Waals surface area contributed by atoms with Crippen LogP contribution in [-0.4, -0.2) is 136 Å². The smallest absolute Gasteiger partial charge is 0.336 e. The first-order chi connectivity index (χ1) is 67.0. The third-order valence-corrected chi connectivity index (χ3v) is 31.3. The number of esters is 6. The first-order valence-electron chi connectivity index (χ1n) is 48.5. The number of rotatable bonds is 27. The number of pyridine rings is 4. The minimum atomic E-state index is -3.16. The van der Waals surface area contributed by atoms with Crippen LogP contribution in [0.5, 0.6) is 0 Å². The summed E-state index contributed by atoms with van der Waals surface area (Å²) < 4.78 is 55.4.